The third kappa shape index (κ3) is 5.94. The first-order valence-electron chi connectivity index (χ1n) is 12.0. The standard InChI is InChI=1S/C31H25F5/c1-2-3-4-5-6-21-7-11-23(12-8-21)25-16-17-27-26(20-25)15-14-24(30(27)33)13-9-22-10-18-28(29(32)19-22)31(34,35)36/h7-8,10-12,14-20H,2-6H2,1H3. The normalized spacial score (nSPS) is 11.4. The summed E-state index contributed by atoms with van der Waals surface area (Å²) in [5.74, 6) is 3.23. The molecule has 0 saturated carbocycles. The Balaban J connectivity index is 1.54. The Kier molecular flexibility index (Phi) is 7.74. The maximum Gasteiger partial charge on any atom is 0.419 e. The van der Waals surface area contributed by atoms with E-state index in [4.69, 9.17) is 0 Å². The summed E-state index contributed by atoms with van der Waals surface area (Å²) < 4.78 is 67.1. The molecule has 0 aromatic heterocycles. The molecule has 0 N–H and O–H groups in total. The predicted molar refractivity (Wildman–Crippen MR) is 135 cm³/mol. The van der Waals surface area contributed by atoms with Gasteiger partial charge in [0.05, 0.1) is 11.1 Å². The molecule has 4 aromatic carbocycles. The van der Waals surface area contributed by atoms with E-state index in [2.05, 4.69) is 43.0 Å². The molecule has 4 aromatic rings. The Morgan fingerprint density at radius 3 is 2.17 bits per heavy atom. The highest BCUT2D eigenvalue weighted by Gasteiger charge is 2.33. The predicted octanol–water partition coefficient (Wildman–Crippen LogP) is 9.33. The fraction of sp³-hybridized carbons (Fsp3) is 0.226. The van der Waals surface area contributed by atoms with Crippen molar-refractivity contribution in [3.05, 3.63) is 107 Å². The second-order valence-electron chi connectivity index (χ2n) is 8.81. The minimum atomic E-state index is -4.78. The molecule has 0 aliphatic rings. The Bertz CT molecular complexity index is 1420. The highest BCUT2D eigenvalue weighted by molar-refractivity contribution is 5.89. The molecule has 36 heavy (non-hydrogen) atoms. The molecule has 184 valence electrons. The zero-order valence-corrected chi connectivity index (χ0v) is 19.9. The molecule has 0 amide bonds. The molecule has 0 heterocycles. The molecule has 5 heteroatoms. The van der Waals surface area contributed by atoms with Crippen LogP contribution in [-0.4, -0.2) is 0 Å². The van der Waals surface area contributed by atoms with Gasteiger partial charge in [0.1, 0.15) is 11.6 Å². The Morgan fingerprint density at radius 1 is 0.722 bits per heavy atom. The molecule has 0 aliphatic carbocycles. The Hall–Kier alpha value is -3.65. The van der Waals surface area contributed by atoms with Crippen molar-refractivity contribution in [1.29, 1.82) is 0 Å². The van der Waals surface area contributed by atoms with E-state index >= 15 is 4.39 Å². The minimum absolute atomic E-state index is 0.0316. The topological polar surface area (TPSA) is 0 Å². The molecule has 0 fully saturated rings. The van der Waals surface area contributed by atoms with Gasteiger partial charge in [-0.25, -0.2) is 8.78 Å². The maximum absolute atomic E-state index is 15.1. The second-order valence-corrected chi connectivity index (χ2v) is 8.81. The van der Waals surface area contributed by atoms with Gasteiger partial charge < -0.3 is 0 Å². The van der Waals surface area contributed by atoms with E-state index in [1.807, 2.05) is 12.1 Å². The SMILES string of the molecule is CCCCCCc1ccc(-c2ccc3c(F)c(C#Cc4ccc(C(F)(F)F)c(F)c4)ccc3c2)cc1. The number of alkyl halides is 3. The van der Waals surface area contributed by atoms with Gasteiger partial charge >= 0.3 is 6.18 Å². The summed E-state index contributed by atoms with van der Waals surface area (Å²) in [5, 5.41) is 1.09. The van der Waals surface area contributed by atoms with Crippen molar-refractivity contribution in [3.8, 4) is 23.0 Å². The van der Waals surface area contributed by atoms with Crippen LogP contribution in [0.1, 0.15) is 54.9 Å². The smallest absolute Gasteiger partial charge is 0.206 e. The first-order chi connectivity index (χ1) is 17.3. The largest absolute Gasteiger partial charge is 0.419 e. The van der Waals surface area contributed by atoms with Gasteiger partial charge in [0.15, 0.2) is 0 Å². The van der Waals surface area contributed by atoms with Crippen LogP contribution >= 0.6 is 0 Å². The van der Waals surface area contributed by atoms with Crippen LogP contribution in [0.3, 0.4) is 0 Å². The zero-order chi connectivity index (χ0) is 25.7. The van der Waals surface area contributed by atoms with Crippen LogP contribution in [0.15, 0.2) is 72.8 Å². The Morgan fingerprint density at radius 2 is 1.47 bits per heavy atom. The van der Waals surface area contributed by atoms with Crippen molar-refractivity contribution in [2.45, 2.75) is 45.2 Å². The summed E-state index contributed by atoms with van der Waals surface area (Å²) in [6, 6.07) is 19.6. The summed E-state index contributed by atoms with van der Waals surface area (Å²) in [6.45, 7) is 2.20. The van der Waals surface area contributed by atoms with Gasteiger partial charge in [-0.05, 0) is 65.3 Å². The molecule has 0 unspecified atom stereocenters. The van der Waals surface area contributed by atoms with E-state index in [9.17, 15) is 17.6 Å². The van der Waals surface area contributed by atoms with Crippen molar-refractivity contribution in [2.75, 3.05) is 0 Å². The quantitative estimate of drug-likeness (QED) is 0.143. The molecule has 0 saturated heterocycles. The lowest BCUT2D eigenvalue weighted by Gasteiger charge is -2.08. The summed E-state index contributed by atoms with van der Waals surface area (Å²) in [4.78, 5) is 0. The summed E-state index contributed by atoms with van der Waals surface area (Å²) in [7, 11) is 0. The maximum atomic E-state index is 15.1. The second kappa shape index (κ2) is 11.0. The molecule has 0 atom stereocenters. The van der Waals surface area contributed by atoms with Crippen LogP contribution < -0.4 is 0 Å². The number of aryl methyl sites for hydroxylation is 1. The lowest BCUT2D eigenvalue weighted by molar-refractivity contribution is -0.140. The number of fused-ring (bicyclic) bond motifs is 1. The first kappa shape index (κ1) is 25.4. The molecule has 0 radical (unpaired) electrons. The van der Waals surface area contributed by atoms with Gasteiger partial charge in [0.2, 0.25) is 0 Å². The zero-order valence-electron chi connectivity index (χ0n) is 19.9. The lowest BCUT2D eigenvalue weighted by atomic mass is 9.97. The van der Waals surface area contributed by atoms with Gasteiger partial charge in [0, 0.05) is 10.9 Å². The number of benzene rings is 4. The van der Waals surface area contributed by atoms with E-state index < -0.39 is 23.4 Å². The third-order valence-electron chi connectivity index (χ3n) is 6.18. The van der Waals surface area contributed by atoms with Gasteiger partial charge in [-0.3, -0.25) is 0 Å². The molecule has 0 bridgehead atoms. The first-order valence-corrected chi connectivity index (χ1v) is 12.0. The van der Waals surface area contributed by atoms with Crippen LogP contribution in [0.5, 0.6) is 0 Å². The van der Waals surface area contributed by atoms with E-state index in [0.717, 1.165) is 23.6 Å². The van der Waals surface area contributed by atoms with Gasteiger partial charge in [-0.15, -0.1) is 0 Å². The molecular formula is C31H25F5. The molecule has 0 aliphatic heterocycles. The number of hydrogen-bond acceptors (Lipinski definition) is 0. The van der Waals surface area contributed by atoms with Crippen LogP contribution in [-0.2, 0) is 12.6 Å². The fourth-order valence-electron chi connectivity index (χ4n) is 4.15. The van der Waals surface area contributed by atoms with Gasteiger partial charge in [-0.2, -0.15) is 13.2 Å². The van der Waals surface area contributed by atoms with E-state index in [1.54, 1.807) is 12.1 Å². The number of unbranched alkanes of at least 4 members (excludes halogenated alkanes) is 3. The summed E-state index contributed by atoms with van der Waals surface area (Å²) in [6.07, 6.45) is 1.17. The summed E-state index contributed by atoms with van der Waals surface area (Å²) >= 11 is 0. The van der Waals surface area contributed by atoms with Crippen LogP contribution in [0.2, 0.25) is 0 Å². The Labute approximate surface area is 207 Å². The average Bonchev–Trinajstić information content (AvgIpc) is 2.86. The van der Waals surface area contributed by atoms with E-state index in [0.29, 0.717) is 22.9 Å². The van der Waals surface area contributed by atoms with Crippen molar-refractivity contribution < 1.29 is 22.0 Å². The minimum Gasteiger partial charge on any atom is -0.206 e. The van der Waals surface area contributed by atoms with Gasteiger partial charge in [-0.1, -0.05) is 80.5 Å². The summed E-state index contributed by atoms with van der Waals surface area (Å²) in [5.41, 5.74) is 2.08. The molecule has 0 nitrogen and oxygen atoms in total. The van der Waals surface area contributed by atoms with Crippen molar-refractivity contribution in [2.24, 2.45) is 0 Å². The van der Waals surface area contributed by atoms with Crippen LogP contribution in [0, 0.1) is 23.5 Å². The number of halogens is 5. The molecule has 4 rings (SSSR count). The van der Waals surface area contributed by atoms with Gasteiger partial charge in [0.25, 0.3) is 0 Å². The van der Waals surface area contributed by atoms with Crippen LogP contribution in [0.4, 0.5) is 22.0 Å². The monoisotopic (exact) mass is 492 g/mol. The average molecular weight is 493 g/mol. The highest BCUT2D eigenvalue weighted by atomic mass is 19.4. The molecular weight excluding hydrogens is 467 g/mol. The lowest BCUT2D eigenvalue weighted by Crippen LogP contribution is -2.07. The van der Waals surface area contributed by atoms with Crippen molar-refractivity contribution in [1.82, 2.24) is 0 Å². The fourth-order valence-corrected chi connectivity index (χ4v) is 4.15. The molecule has 0 spiro atoms. The number of hydrogen-bond donors (Lipinski definition) is 0. The van der Waals surface area contributed by atoms with E-state index in [1.165, 1.54) is 37.3 Å². The van der Waals surface area contributed by atoms with Crippen molar-refractivity contribution in [3.63, 3.8) is 0 Å². The van der Waals surface area contributed by atoms with E-state index in [-0.39, 0.29) is 11.1 Å². The third-order valence-corrected chi connectivity index (χ3v) is 6.18. The highest BCUT2D eigenvalue weighted by Crippen LogP contribution is 2.32. The number of rotatable bonds is 6. The van der Waals surface area contributed by atoms with Crippen LogP contribution in [0.25, 0.3) is 21.9 Å². The van der Waals surface area contributed by atoms with Crippen molar-refractivity contribution >= 4 is 10.8 Å².